The van der Waals surface area contributed by atoms with Gasteiger partial charge in [-0.25, -0.2) is 0 Å². The zero-order chi connectivity index (χ0) is 20.3. The second-order valence-corrected chi connectivity index (χ2v) is 6.73. The number of fused-ring (bicyclic) bond motifs is 1. The Balaban J connectivity index is 1.70. The molecule has 3 rings (SSSR count). The molecule has 2 heterocycles. The number of piperidine rings is 1. The fraction of sp³-hybridized carbons (Fsp3) is 0.421. The first-order valence-corrected chi connectivity index (χ1v) is 9.23. The number of anilines is 1. The van der Waals surface area contributed by atoms with Gasteiger partial charge in [-0.3, -0.25) is 34.2 Å². The van der Waals surface area contributed by atoms with Crippen LogP contribution in [-0.4, -0.2) is 54.1 Å². The predicted molar refractivity (Wildman–Crippen MR) is 99.5 cm³/mol. The van der Waals surface area contributed by atoms with Gasteiger partial charge in [-0.05, 0) is 31.4 Å². The van der Waals surface area contributed by atoms with Crippen molar-refractivity contribution >= 4 is 35.2 Å². The van der Waals surface area contributed by atoms with Crippen LogP contribution in [-0.2, 0) is 14.4 Å². The van der Waals surface area contributed by atoms with E-state index < -0.39 is 29.7 Å². The Morgan fingerprint density at radius 2 is 1.96 bits per heavy atom. The lowest BCUT2D eigenvalue weighted by molar-refractivity contribution is -0.136. The summed E-state index contributed by atoms with van der Waals surface area (Å²) in [4.78, 5) is 61.3. The van der Waals surface area contributed by atoms with Gasteiger partial charge in [-0.2, -0.15) is 0 Å². The van der Waals surface area contributed by atoms with Gasteiger partial charge in [0.2, 0.25) is 17.7 Å². The highest BCUT2D eigenvalue weighted by Crippen LogP contribution is 2.32. The molecule has 1 saturated heterocycles. The fourth-order valence-corrected chi connectivity index (χ4v) is 3.42. The monoisotopic (exact) mass is 386 g/mol. The minimum absolute atomic E-state index is 0.0266. The van der Waals surface area contributed by atoms with E-state index in [0.717, 1.165) is 11.3 Å². The molecule has 1 unspecified atom stereocenters. The zero-order valence-electron chi connectivity index (χ0n) is 15.5. The number of carbonyl (C=O) groups is 5. The number of imide groups is 2. The minimum Gasteiger partial charge on any atom is -0.384 e. The third kappa shape index (κ3) is 3.73. The molecule has 0 aliphatic carbocycles. The number of amides is 5. The molecule has 0 aromatic heterocycles. The maximum atomic E-state index is 12.9. The van der Waals surface area contributed by atoms with Crippen molar-refractivity contribution in [1.29, 1.82) is 0 Å². The molecular weight excluding hydrogens is 364 g/mol. The number of hydrogen-bond donors (Lipinski definition) is 3. The molecule has 28 heavy (non-hydrogen) atoms. The number of carbonyl (C=O) groups excluding carboxylic acids is 5. The van der Waals surface area contributed by atoms with Gasteiger partial charge >= 0.3 is 0 Å². The van der Waals surface area contributed by atoms with Crippen LogP contribution < -0.4 is 16.0 Å². The largest absolute Gasteiger partial charge is 0.384 e. The fourth-order valence-electron chi connectivity index (χ4n) is 3.42. The van der Waals surface area contributed by atoms with Crippen LogP contribution in [0.25, 0.3) is 0 Å². The first kappa shape index (κ1) is 19.5. The van der Waals surface area contributed by atoms with E-state index in [1.54, 1.807) is 25.2 Å². The molecule has 3 N–H and O–H groups in total. The summed E-state index contributed by atoms with van der Waals surface area (Å²) in [7, 11) is 1.59. The smallest absolute Gasteiger partial charge is 0.264 e. The molecule has 0 radical (unpaired) electrons. The lowest BCUT2D eigenvalue weighted by Gasteiger charge is -2.27. The van der Waals surface area contributed by atoms with Crippen LogP contribution in [0, 0.1) is 0 Å². The van der Waals surface area contributed by atoms with Gasteiger partial charge in [-0.1, -0.05) is 6.07 Å². The Bertz CT molecular complexity index is 851. The molecular formula is C19H22N4O5. The van der Waals surface area contributed by atoms with Crippen molar-refractivity contribution in [2.45, 2.75) is 38.1 Å². The molecule has 2 aliphatic rings. The Kier molecular flexibility index (Phi) is 5.72. The Morgan fingerprint density at radius 3 is 2.68 bits per heavy atom. The summed E-state index contributed by atoms with van der Waals surface area (Å²) in [6, 6.07) is 3.95. The average molecular weight is 386 g/mol. The normalized spacial score (nSPS) is 18.8. The zero-order valence-corrected chi connectivity index (χ0v) is 15.5. The quantitative estimate of drug-likeness (QED) is 0.461. The van der Waals surface area contributed by atoms with E-state index in [1.807, 2.05) is 0 Å². The third-order valence-electron chi connectivity index (χ3n) is 4.89. The summed E-state index contributed by atoms with van der Waals surface area (Å²) in [5, 5.41) is 7.88. The number of hydrogen-bond acceptors (Lipinski definition) is 6. The van der Waals surface area contributed by atoms with Crippen LogP contribution in [0.2, 0.25) is 0 Å². The van der Waals surface area contributed by atoms with Crippen LogP contribution in [0.5, 0.6) is 0 Å². The highest BCUT2D eigenvalue weighted by atomic mass is 16.2. The van der Waals surface area contributed by atoms with E-state index in [1.165, 1.54) is 0 Å². The molecule has 5 amide bonds. The Hall–Kier alpha value is -3.23. The maximum absolute atomic E-state index is 12.9. The first-order valence-electron chi connectivity index (χ1n) is 9.23. The number of unbranched alkanes of at least 4 members (excludes halogenated alkanes) is 1. The molecule has 9 nitrogen and oxygen atoms in total. The Morgan fingerprint density at radius 1 is 1.18 bits per heavy atom. The van der Waals surface area contributed by atoms with E-state index in [0.29, 0.717) is 25.1 Å². The second kappa shape index (κ2) is 8.20. The summed E-state index contributed by atoms with van der Waals surface area (Å²) in [5.41, 5.74) is 0.999. The molecule has 148 valence electrons. The first-order chi connectivity index (χ1) is 13.4. The van der Waals surface area contributed by atoms with E-state index in [9.17, 15) is 24.0 Å². The molecule has 1 aromatic carbocycles. The van der Waals surface area contributed by atoms with Crippen molar-refractivity contribution in [3.8, 4) is 0 Å². The van der Waals surface area contributed by atoms with Gasteiger partial charge in [-0.15, -0.1) is 0 Å². The number of nitrogens with one attached hydrogen (secondary N) is 3. The van der Waals surface area contributed by atoms with E-state index in [2.05, 4.69) is 16.0 Å². The maximum Gasteiger partial charge on any atom is 0.264 e. The summed E-state index contributed by atoms with van der Waals surface area (Å²) >= 11 is 0. The third-order valence-corrected chi connectivity index (χ3v) is 4.89. The van der Waals surface area contributed by atoms with E-state index in [4.69, 9.17) is 0 Å². The minimum atomic E-state index is -0.981. The van der Waals surface area contributed by atoms with Crippen molar-refractivity contribution in [2.24, 2.45) is 0 Å². The summed E-state index contributed by atoms with van der Waals surface area (Å²) in [5.74, 6) is -2.13. The van der Waals surface area contributed by atoms with Crippen molar-refractivity contribution in [3.63, 3.8) is 0 Å². The highest BCUT2D eigenvalue weighted by molar-refractivity contribution is 6.25. The topological polar surface area (TPSA) is 125 Å². The van der Waals surface area contributed by atoms with Crippen LogP contribution in [0.15, 0.2) is 18.2 Å². The lowest BCUT2D eigenvalue weighted by Crippen LogP contribution is -2.54. The van der Waals surface area contributed by atoms with Crippen LogP contribution in [0.3, 0.4) is 0 Å². The van der Waals surface area contributed by atoms with E-state index in [-0.39, 0.29) is 29.9 Å². The summed E-state index contributed by atoms with van der Waals surface area (Å²) < 4.78 is 0. The van der Waals surface area contributed by atoms with Crippen LogP contribution in [0.4, 0.5) is 5.69 Å². The molecule has 9 heteroatoms. The molecule has 0 bridgehead atoms. The molecule has 0 spiro atoms. The van der Waals surface area contributed by atoms with Crippen molar-refractivity contribution in [2.75, 3.05) is 18.9 Å². The molecule has 0 saturated carbocycles. The highest BCUT2D eigenvalue weighted by Gasteiger charge is 2.45. The number of benzene rings is 1. The summed E-state index contributed by atoms with van der Waals surface area (Å²) in [6.07, 6.45) is 2.04. The predicted octanol–water partition coefficient (Wildman–Crippen LogP) is 0.416. The van der Waals surface area contributed by atoms with Gasteiger partial charge < -0.3 is 10.6 Å². The van der Waals surface area contributed by atoms with Gasteiger partial charge in [0.05, 0.1) is 11.1 Å². The molecule has 2 aliphatic heterocycles. The second-order valence-electron chi connectivity index (χ2n) is 6.73. The van der Waals surface area contributed by atoms with E-state index >= 15 is 0 Å². The van der Waals surface area contributed by atoms with Gasteiger partial charge in [0.1, 0.15) is 6.04 Å². The summed E-state index contributed by atoms with van der Waals surface area (Å²) in [6.45, 7) is 0.535. The average Bonchev–Trinajstić information content (AvgIpc) is 2.93. The lowest BCUT2D eigenvalue weighted by atomic mass is 10.0. The van der Waals surface area contributed by atoms with Gasteiger partial charge in [0, 0.05) is 32.1 Å². The SMILES string of the molecule is CNC(=O)CCCCNc1cccc2c1C(=O)N(C1CCC(=O)NC1=O)C2=O. The van der Waals surface area contributed by atoms with Crippen molar-refractivity contribution in [1.82, 2.24) is 15.5 Å². The van der Waals surface area contributed by atoms with Crippen molar-refractivity contribution in [3.05, 3.63) is 29.3 Å². The molecule has 1 atom stereocenters. The van der Waals surface area contributed by atoms with Crippen LogP contribution >= 0.6 is 0 Å². The van der Waals surface area contributed by atoms with Crippen molar-refractivity contribution < 1.29 is 24.0 Å². The van der Waals surface area contributed by atoms with Gasteiger partial charge in [0.25, 0.3) is 11.8 Å². The Labute approximate surface area is 161 Å². The number of rotatable bonds is 7. The standard InChI is InChI=1S/C19H22N4O5/c1-20-14(24)7-2-3-10-21-12-6-4-5-11-16(12)19(28)23(18(11)27)13-8-9-15(25)22-17(13)26/h4-6,13,21H,2-3,7-10H2,1H3,(H,20,24)(H,22,25,26). The van der Waals surface area contributed by atoms with Crippen LogP contribution in [0.1, 0.15) is 52.8 Å². The van der Waals surface area contributed by atoms with Gasteiger partial charge in [0.15, 0.2) is 0 Å². The number of nitrogens with zero attached hydrogens (tertiary/aromatic N) is 1. The molecule has 1 fully saturated rings. The molecule has 1 aromatic rings.